The number of ether oxygens (including phenoxy) is 1. The van der Waals surface area contributed by atoms with Crippen LogP contribution in [0, 0.1) is 0 Å². The lowest BCUT2D eigenvalue weighted by Gasteiger charge is -2.17. The summed E-state index contributed by atoms with van der Waals surface area (Å²) in [5.74, 6) is 0.878. The lowest BCUT2D eigenvalue weighted by atomic mass is 10.1. The lowest BCUT2D eigenvalue weighted by molar-refractivity contribution is 0.226. The molecule has 1 saturated carbocycles. The molecule has 5 heteroatoms. The van der Waals surface area contributed by atoms with E-state index in [1.165, 1.54) is 0 Å². The summed E-state index contributed by atoms with van der Waals surface area (Å²) in [6.45, 7) is 1.71. The summed E-state index contributed by atoms with van der Waals surface area (Å²) in [5, 5.41) is 4.39. The van der Waals surface area contributed by atoms with Gasteiger partial charge in [-0.05, 0) is 28.8 Å². The van der Waals surface area contributed by atoms with E-state index >= 15 is 0 Å². The molecule has 0 spiro atoms. The number of rotatable bonds is 1. The summed E-state index contributed by atoms with van der Waals surface area (Å²) in [6, 6.07) is 0. The highest BCUT2D eigenvalue weighted by atomic mass is 79.9. The fourth-order valence-electron chi connectivity index (χ4n) is 1.90. The second-order valence-electron chi connectivity index (χ2n) is 4.05. The van der Waals surface area contributed by atoms with Gasteiger partial charge in [-0.15, -0.1) is 0 Å². The van der Waals surface area contributed by atoms with Gasteiger partial charge in [-0.3, -0.25) is 0 Å². The highest BCUT2D eigenvalue weighted by Crippen LogP contribution is 2.49. The SMILES string of the molecule is NC1(c2c(Br)nn3c2OCCC3)CC1. The summed E-state index contributed by atoms with van der Waals surface area (Å²) in [7, 11) is 0. The molecule has 0 atom stereocenters. The minimum atomic E-state index is -0.177. The van der Waals surface area contributed by atoms with E-state index in [-0.39, 0.29) is 5.54 Å². The van der Waals surface area contributed by atoms with Gasteiger partial charge in [-0.2, -0.15) is 5.10 Å². The Hall–Kier alpha value is -0.550. The van der Waals surface area contributed by atoms with Crippen LogP contribution in [0.15, 0.2) is 4.60 Å². The first-order chi connectivity index (χ1) is 6.71. The average molecular weight is 258 g/mol. The Bertz CT molecular complexity index is 384. The van der Waals surface area contributed by atoms with Crippen molar-refractivity contribution in [3.8, 4) is 5.88 Å². The van der Waals surface area contributed by atoms with Crippen molar-refractivity contribution in [1.29, 1.82) is 0 Å². The van der Waals surface area contributed by atoms with E-state index in [0.29, 0.717) is 0 Å². The number of hydrogen-bond donors (Lipinski definition) is 1. The van der Waals surface area contributed by atoms with Crippen molar-refractivity contribution in [2.24, 2.45) is 5.73 Å². The molecule has 1 aromatic heterocycles. The number of nitrogens with zero attached hydrogens (tertiary/aromatic N) is 2. The molecule has 1 fully saturated rings. The van der Waals surface area contributed by atoms with Crippen molar-refractivity contribution in [3.05, 3.63) is 10.2 Å². The standard InChI is InChI=1S/C9H12BrN3O/c10-7-6(9(11)2-3-9)8-13(12-7)4-1-5-14-8/h1-5,11H2. The number of hydrogen-bond acceptors (Lipinski definition) is 3. The zero-order chi connectivity index (χ0) is 9.76. The molecular weight excluding hydrogens is 246 g/mol. The Morgan fingerprint density at radius 1 is 1.50 bits per heavy atom. The molecule has 14 heavy (non-hydrogen) atoms. The fraction of sp³-hybridized carbons (Fsp3) is 0.667. The first-order valence-corrected chi connectivity index (χ1v) is 5.68. The highest BCUT2D eigenvalue weighted by Gasteiger charge is 2.46. The van der Waals surface area contributed by atoms with Gasteiger partial charge in [-0.1, -0.05) is 0 Å². The third-order valence-electron chi connectivity index (χ3n) is 2.90. The second-order valence-corrected chi connectivity index (χ2v) is 4.80. The molecule has 2 aliphatic rings. The number of nitrogens with two attached hydrogens (primary N) is 1. The Balaban J connectivity index is 2.13. The maximum Gasteiger partial charge on any atom is 0.218 e. The Labute approximate surface area is 90.5 Å². The van der Waals surface area contributed by atoms with Crippen LogP contribution in [-0.2, 0) is 12.1 Å². The number of aromatic nitrogens is 2. The highest BCUT2D eigenvalue weighted by molar-refractivity contribution is 9.10. The molecule has 3 rings (SSSR count). The molecule has 1 aromatic rings. The Morgan fingerprint density at radius 3 is 3.00 bits per heavy atom. The molecule has 0 amide bonds. The summed E-state index contributed by atoms with van der Waals surface area (Å²) >= 11 is 3.46. The van der Waals surface area contributed by atoms with Crippen LogP contribution in [0.3, 0.4) is 0 Å². The van der Waals surface area contributed by atoms with Crippen molar-refractivity contribution in [2.45, 2.75) is 31.3 Å². The third kappa shape index (κ3) is 1.12. The molecule has 2 heterocycles. The van der Waals surface area contributed by atoms with E-state index in [1.54, 1.807) is 0 Å². The molecule has 76 valence electrons. The van der Waals surface area contributed by atoms with E-state index in [9.17, 15) is 0 Å². The molecule has 0 aromatic carbocycles. The van der Waals surface area contributed by atoms with Crippen molar-refractivity contribution in [3.63, 3.8) is 0 Å². The summed E-state index contributed by atoms with van der Waals surface area (Å²) < 4.78 is 8.40. The van der Waals surface area contributed by atoms with Crippen LogP contribution in [0.2, 0.25) is 0 Å². The first kappa shape index (κ1) is 8.73. The molecule has 0 unspecified atom stereocenters. The van der Waals surface area contributed by atoms with E-state index in [4.69, 9.17) is 10.5 Å². The van der Waals surface area contributed by atoms with Gasteiger partial charge < -0.3 is 10.5 Å². The Kier molecular flexibility index (Phi) is 1.70. The molecule has 0 saturated heterocycles. The fourth-order valence-corrected chi connectivity index (χ4v) is 2.66. The summed E-state index contributed by atoms with van der Waals surface area (Å²) in [5.41, 5.74) is 7.06. The number of aryl methyl sites for hydroxylation is 1. The van der Waals surface area contributed by atoms with Crippen LogP contribution in [-0.4, -0.2) is 16.4 Å². The minimum Gasteiger partial charge on any atom is -0.477 e. The van der Waals surface area contributed by atoms with Gasteiger partial charge in [0.2, 0.25) is 5.88 Å². The van der Waals surface area contributed by atoms with Gasteiger partial charge in [-0.25, -0.2) is 4.68 Å². The number of halogens is 1. The second kappa shape index (κ2) is 2.73. The van der Waals surface area contributed by atoms with Crippen molar-refractivity contribution >= 4 is 15.9 Å². The third-order valence-corrected chi connectivity index (χ3v) is 3.46. The molecule has 1 aliphatic heterocycles. The predicted octanol–water partition coefficient (Wildman–Crippen LogP) is 1.38. The summed E-state index contributed by atoms with van der Waals surface area (Å²) in [6.07, 6.45) is 3.10. The number of fused-ring (bicyclic) bond motifs is 1. The molecule has 4 nitrogen and oxygen atoms in total. The maximum atomic E-state index is 6.17. The van der Waals surface area contributed by atoms with Gasteiger partial charge >= 0.3 is 0 Å². The zero-order valence-corrected chi connectivity index (χ0v) is 9.38. The smallest absolute Gasteiger partial charge is 0.218 e. The molecular formula is C9H12BrN3O. The van der Waals surface area contributed by atoms with Crippen molar-refractivity contribution in [2.75, 3.05) is 6.61 Å². The van der Waals surface area contributed by atoms with Gasteiger partial charge in [0, 0.05) is 18.5 Å². The van der Waals surface area contributed by atoms with Crippen LogP contribution >= 0.6 is 15.9 Å². The van der Waals surface area contributed by atoms with Crippen molar-refractivity contribution < 1.29 is 4.74 Å². The van der Waals surface area contributed by atoms with E-state index in [1.807, 2.05) is 4.68 Å². The quantitative estimate of drug-likeness (QED) is 0.827. The van der Waals surface area contributed by atoms with Crippen LogP contribution < -0.4 is 10.5 Å². The van der Waals surface area contributed by atoms with Crippen LogP contribution in [0.1, 0.15) is 24.8 Å². The molecule has 0 radical (unpaired) electrons. The van der Waals surface area contributed by atoms with Crippen LogP contribution in [0.4, 0.5) is 0 Å². The predicted molar refractivity (Wildman–Crippen MR) is 55.1 cm³/mol. The first-order valence-electron chi connectivity index (χ1n) is 4.89. The van der Waals surface area contributed by atoms with E-state index in [2.05, 4.69) is 21.0 Å². The zero-order valence-electron chi connectivity index (χ0n) is 7.79. The lowest BCUT2D eigenvalue weighted by Crippen LogP contribution is -2.22. The van der Waals surface area contributed by atoms with Gasteiger partial charge in [0.25, 0.3) is 0 Å². The van der Waals surface area contributed by atoms with E-state index < -0.39 is 0 Å². The van der Waals surface area contributed by atoms with Gasteiger partial charge in [0.1, 0.15) is 4.60 Å². The maximum absolute atomic E-state index is 6.17. The largest absolute Gasteiger partial charge is 0.477 e. The molecule has 2 N–H and O–H groups in total. The summed E-state index contributed by atoms with van der Waals surface area (Å²) in [4.78, 5) is 0. The Morgan fingerprint density at radius 2 is 2.29 bits per heavy atom. The minimum absolute atomic E-state index is 0.177. The van der Waals surface area contributed by atoms with Crippen LogP contribution in [0.25, 0.3) is 0 Å². The van der Waals surface area contributed by atoms with Crippen molar-refractivity contribution in [1.82, 2.24) is 9.78 Å². The topological polar surface area (TPSA) is 53.1 Å². The molecule has 1 aliphatic carbocycles. The van der Waals surface area contributed by atoms with Crippen LogP contribution in [0.5, 0.6) is 5.88 Å². The van der Waals surface area contributed by atoms with Gasteiger partial charge in [0.15, 0.2) is 0 Å². The monoisotopic (exact) mass is 257 g/mol. The molecule has 0 bridgehead atoms. The normalized spacial score (nSPS) is 22.7. The van der Waals surface area contributed by atoms with E-state index in [0.717, 1.165) is 48.5 Å². The average Bonchev–Trinajstić information content (AvgIpc) is 2.79. The van der Waals surface area contributed by atoms with Gasteiger partial charge in [0.05, 0.1) is 12.2 Å².